The molecule has 1 atom stereocenters. The molecule has 2 aromatic heterocycles. The van der Waals surface area contributed by atoms with E-state index in [0.717, 1.165) is 0 Å². The first-order valence-electron chi connectivity index (χ1n) is 9.33. The topological polar surface area (TPSA) is 103 Å². The predicted molar refractivity (Wildman–Crippen MR) is 113 cm³/mol. The lowest BCUT2D eigenvalue weighted by molar-refractivity contribution is -0.118. The fraction of sp³-hybridized carbons (Fsp3) is 0.500. The molecule has 0 spiro atoms. The number of likely N-dealkylation sites (N-methyl/N-ethyl adjacent to an activating group) is 1. The first-order valence-corrected chi connectivity index (χ1v) is 10.6. The Morgan fingerprint density at radius 2 is 2.07 bits per heavy atom. The smallest absolute Gasteiger partial charge is 0.273 e. The summed E-state index contributed by atoms with van der Waals surface area (Å²) in [6.07, 6.45) is 0. The van der Waals surface area contributed by atoms with E-state index in [2.05, 4.69) is 25.6 Å². The summed E-state index contributed by atoms with van der Waals surface area (Å²) in [7, 11) is 1.88. The van der Waals surface area contributed by atoms with Crippen LogP contribution in [0.3, 0.4) is 0 Å². The van der Waals surface area contributed by atoms with Crippen LogP contribution in [0.15, 0.2) is 5.38 Å². The second-order valence-corrected chi connectivity index (χ2v) is 9.10. The molecule has 0 unspecified atom stereocenters. The standard InChI is InChI=1S/C18H22ClN7O2S/c1-8(2)13-15(27)23-12-9(3)20-18(24-14(12)25(13)4)21-10-5-26(6-10)16(28)11-7-29-17(19)22-11/h7-8,10,13H,5-6H2,1-4H3,(H,23,27)(H,20,21,24)/t13-/m0/s1. The van der Waals surface area contributed by atoms with Gasteiger partial charge in [-0.2, -0.15) is 4.98 Å². The highest BCUT2D eigenvalue weighted by Gasteiger charge is 2.36. The van der Waals surface area contributed by atoms with E-state index in [0.29, 0.717) is 46.4 Å². The molecule has 11 heteroatoms. The van der Waals surface area contributed by atoms with Gasteiger partial charge in [0.25, 0.3) is 5.91 Å². The van der Waals surface area contributed by atoms with E-state index in [9.17, 15) is 9.59 Å². The molecule has 2 N–H and O–H groups in total. The largest absolute Gasteiger partial charge is 0.348 e. The molecule has 1 fully saturated rings. The number of aryl methyl sites for hydroxylation is 1. The van der Waals surface area contributed by atoms with Crippen molar-refractivity contribution in [2.45, 2.75) is 32.9 Å². The highest BCUT2D eigenvalue weighted by molar-refractivity contribution is 7.14. The third-order valence-corrected chi connectivity index (χ3v) is 6.15. The molecule has 2 aromatic rings. The Kier molecular flexibility index (Phi) is 5.07. The molecule has 1 saturated heterocycles. The molecule has 0 aromatic carbocycles. The van der Waals surface area contributed by atoms with Crippen molar-refractivity contribution in [1.82, 2.24) is 19.9 Å². The molecular weight excluding hydrogens is 414 g/mol. The van der Waals surface area contributed by atoms with Crippen molar-refractivity contribution >= 4 is 52.2 Å². The number of thiazole rings is 1. The highest BCUT2D eigenvalue weighted by atomic mass is 35.5. The first-order chi connectivity index (χ1) is 13.7. The van der Waals surface area contributed by atoms with E-state index in [-0.39, 0.29) is 29.8 Å². The van der Waals surface area contributed by atoms with Gasteiger partial charge in [-0.05, 0) is 12.8 Å². The third-order valence-electron chi connectivity index (χ3n) is 5.17. The number of hydrogen-bond acceptors (Lipinski definition) is 8. The van der Waals surface area contributed by atoms with E-state index in [1.54, 1.807) is 10.3 Å². The van der Waals surface area contributed by atoms with Crippen LogP contribution in [0.5, 0.6) is 0 Å². The Hall–Kier alpha value is -2.46. The Labute approximate surface area is 177 Å². The average molecular weight is 436 g/mol. The number of carbonyl (C=O) groups is 2. The SMILES string of the molecule is Cc1nc(NC2CN(C(=O)c3csc(Cl)n3)C2)nc2c1NC(=O)[C@H](C(C)C)N2C. The van der Waals surface area contributed by atoms with Gasteiger partial charge in [0.2, 0.25) is 11.9 Å². The van der Waals surface area contributed by atoms with Crippen molar-refractivity contribution < 1.29 is 9.59 Å². The molecule has 0 aliphatic carbocycles. The van der Waals surface area contributed by atoms with Gasteiger partial charge < -0.3 is 20.4 Å². The van der Waals surface area contributed by atoms with Crippen molar-refractivity contribution in [3.05, 3.63) is 21.2 Å². The highest BCUT2D eigenvalue weighted by Crippen LogP contribution is 2.34. The number of nitrogens with one attached hydrogen (secondary N) is 2. The number of carbonyl (C=O) groups excluding carboxylic acids is 2. The zero-order chi connectivity index (χ0) is 20.9. The maximum absolute atomic E-state index is 12.4. The number of likely N-dealkylation sites (tertiary alicyclic amines) is 1. The Morgan fingerprint density at radius 3 is 2.69 bits per heavy atom. The summed E-state index contributed by atoms with van der Waals surface area (Å²) in [6, 6.07) is -0.235. The van der Waals surface area contributed by atoms with Gasteiger partial charge in [0.1, 0.15) is 17.4 Å². The molecular formula is C18H22ClN7O2S. The van der Waals surface area contributed by atoms with Gasteiger partial charge in [-0.1, -0.05) is 25.4 Å². The Bertz CT molecular complexity index is 973. The summed E-state index contributed by atoms with van der Waals surface area (Å²) in [4.78, 5) is 41.5. The molecule has 29 heavy (non-hydrogen) atoms. The van der Waals surface area contributed by atoms with E-state index in [1.807, 2.05) is 32.7 Å². The molecule has 0 radical (unpaired) electrons. The lowest BCUT2D eigenvalue weighted by atomic mass is 9.99. The van der Waals surface area contributed by atoms with E-state index in [1.165, 1.54) is 11.3 Å². The van der Waals surface area contributed by atoms with Gasteiger partial charge in [-0.25, -0.2) is 9.97 Å². The van der Waals surface area contributed by atoms with Gasteiger partial charge in [0.15, 0.2) is 10.3 Å². The summed E-state index contributed by atoms with van der Waals surface area (Å²) in [5, 5.41) is 7.89. The normalized spacial score (nSPS) is 19.1. The van der Waals surface area contributed by atoms with E-state index in [4.69, 9.17) is 11.6 Å². The first kappa shape index (κ1) is 19.8. The van der Waals surface area contributed by atoms with Gasteiger partial charge in [0.05, 0.1) is 11.7 Å². The minimum Gasteiger partial charge on any atom is -0.348 e. The maximum Gasteiger partial charge on any atom is 0.273 e. The van der Waals surface area contributed by atoms with Crippen LogP contribution in [0.2, 0.25) is 4.47 Å². The number of nitrogens with zero attached hydrogens (tertiary/aromatic N) is 5. The van der Waals surface area contributed by atoms with Crippen LogP contribution in [-0.4, -0.2) is 63.9 Å². The maximum atomic E-state index is 12.4. The lowest BCUT2D eigenvalue weighted by Crippen LogP contribution is -2.57. The predicted octanol–water partition coefficient (Wildman–Crippen LogP) is 2.24. The molecule has 2 aliphatic rings. The Balaban J connectivity index is 1.45. The molecule has 0 bridgehead atoms. The van der Waals surface area contributed by atoms with Crippen LogP contribution >= 0.6 is 22.9 Å². The number of fused-ring (bicyclic) bond motifs is 1. The number of anilines is 3. The molecule has 9 nitrogen and oxygen atoms in total. The van der Waals surface area contributed by atoms with Crippen LogP contribution in [0.4, 0.5) is 17.5 Å². The number of rotatable bonds is 4. The van der Waals surface area contributed by atoms with Crippen molar-refractivity contribution in [2.24, 2.45) is 5.92 Å². The van der Waals surface area contributed by atoms with Gasteiger partial charge in [0, 0.05) is 25.5 Å². The summed E-state index contributed by atoms with van der Waals surface area (Å²) in [5.74, 6) is 1.15. The fourth-order valence-corrected chi connectivity index (χ4v) is 4.45. The van der Waals surface area contributed by atoms with Crippen molar-refractivity contribution in [3.63, 3.8) is 0 Å². The minimum atomic E-state index is -0.286. The quantitative estimate of drug-likeness (QED) is 0.758. The summed E-state index contributed by atoms with van der Waals surface area (Å²) in [5.41, 5.74) is 1.71. The van der Waals surface area contributed by atoms with Crippen molar-refractivity contribution in [1.29, 1.82) is 0 Å². The molecule has 154 valence electrons. The van der Waals surface area contributed by atoms with Crippen LogP contribution in [-0.2, 0) is 4.79 Å². The molecule has 0 saturated carbocycles. The zero-order valence-electron chi connectivity index (χ0n) is 16.6. The lowest BCUT2D eigenvalue weighted by Gasteiger charge is -2.40. The number of amides is 2. The van der Waals surface area contributed by atoms with Crippen LogP contribution in [0, 0.1) is 12.8 Å². The monoisotopic (exact) mass is 435 g/mol. The second kappa shape index (κ2) is 7.42. The van der Waals surface area contributed by atoms with Crippen LogP contribution in [0.25, 0.3) is 0 Å². The second-order valence-electron chi connectivity index (χ2n) is 7.66. The summed E-state index contributed by atoms with van der Waals surface area (Å²) < 4.78 is 0.359. The zero-order valence-corrected chi connectivity index (χ0v) is 18.1. The fourth-order valence-electron chi connectivity index (χ4n) is 3.71. The Morgan fingerprint density at radius 1 is 1.34 bits per heavy atom. The van der Waals surface area contributed by atoms with E-state index >= 15 is 0 Å². The molecule has 4 heterocycles. The minimum absolute atomic E-state index is 0.0438. The van der Waals surface area contributed by atoms with Gasteiger partial charge >= 0.3 is 0 Å². The van der Waals surface area contributed by atoms with Gasteiger partial charge in [-0.3, -0.25) is 9.59 Å². The molecule has 2 aliphatic heterocycles. The van der Waals surface area contributed by atoms with Crippen LogP contribution in [0.1, 0.15) is 30.0 Å². The summed E-state index contributed by atoms with van der Waals surface area (Å²) >= 11 is 7.05. The third kappa shape index (κ3) is 3.62. The van der Waals surface area contributed by atoms with E-state index < -0.39 is 0 Å². The van der Waals surface area contributed by atoms with Crippen molar-refractivity contribution in [3.8, 4) is 0 Å². The van der Waals surface area contributed by atoms with Crippen molar-refractivity contribution in [2.75, 3.05) is 35.7 Å². The summed E-state index contributed by atoms with van der Waals surface area (Å²) in [6.45, 7) is 6.93. The molecule has 4 rings (SSSR count). The van der Waals surface area contributed by atoms with Crippen LogP contribution < -0.4 is 15.5 Å². The number of hydrogen-bond donors (Lipinski definition) is 2. The molecule has 2 amide bonds. The van der Waals surface area contributed by atoms with Gasteiger partial charge in [-0.15, -0.1) is 11.3 Å². The number of halogens is 1. The average Bonchev–Trinajstić information content (AvgIpc) is 3.04. The number of aromatic nitrogens is 3.